The minimum absolute atomic E-state index is 0.269. The number of nitriles is 1. The van der Waals surface area contributed by atoms with Crippen molar-refractivity contribution < 1.29 is 14.3 Å². The van der Waals surface area contributed by atoms with Crippen LogP contribution in [-0.2, 0) is 35.6 Å². The van der Waals surface area contributed by atoms with Crippen LogP contribution in [0.5, 0.6) is 5.75 Å². The summed E-state index contributed by atoms with van der Waals surface area (Å²) < 4.78 is 11.4. The summed E-state index contributed by atoms with van der Waals surface area (Å²) in [6.45, 7) is 5.79. The molecule has 39 heavy (non-hydrogen) atoms. The van der Waals surface area contributed by atoms with Gasteiger partial charge in [0.1, 0.15) is 24.5 Å². The maximum Gasteiger partial charge on any atom is 0.323 e. The fourth-order valence-corrected chi connectivity index (χ4v) is 5.28. The Morgan fingerprint density at radius 1 is 1.03 bits per heavy atom. The molecule has 0 saturated heterocycles. The number of aryl methyl sites for hydroxylation is 1. The van der Waals surface area contributed by atoms with Crippen molar-refractivity contribution in [1.29, 1.82) is 5.26 Å². The third kappa shape index (κ3) is 5.69. The summed E-state index contributed by atoms with van der Waals surface area (Å²) in [5.41, 5.74) is 9.66. The van der Waals surface area contributed by atoms with Crippen LogP contribution < -0.4 is 4.74 Å². The zero-order chi connectivity index (χ0) is 27.4. The van der Waals surface area contributed by atoms with Crippen molar-refractivity contribution in [2.75, 3.05) is 7.11 Å². The monoisotopic (exact) mass is 517 g/mol. The summed E-state index contributed by atoms with van der Waals surface area (Å²) >= 11 is 0. The third-order valence-corrected chi connectivity index (χ3v) is 7.46. The predicted molar refractivity (Wildman–Crippen MR) is 150 cm³/mol. The average Bonchev–Trinajstić information content (AvgIpc) is 2.96. The number of pyridine rings is 1. The summed E-state index contributed by atoms with van der Waals surface area (Å²) in [5.74, 6) is 0.522. The number of hydrogen-bond donors (Lipinski definition) is 0. The van der Waals surface area contributed by atoms with Gasteiger partial charge in [0.25, 0.3) is 0 Å². The lowest BCUT2D eigenvalue weighted by atomic mass is 9.93. The molecule has 0 N–H and O–H groups in total. The molecule has 0 spiro atoms. The van der Waals surface area contributed by atoms with E-state index in [2.05, 4.69) is 78.3 Å². The van der Waals surface area contributed by atoms with Crippen LogP contribution in [0.4, 0.5) is 0 Å². The Hall–Kier alpha value is -4.47. The Labute approximate surface area is 229 Å². The standard InChI is InChI=1S/C33H31N3O3/c1-22-7-4-5-9-30(22)31-10-6-8-27(23(31)2)21-39-29-12-11-26-15-32(33(37)38-3)36(20-28(26)14-29)19-25-13-24(16-34)17-35-18-25/h4-14,17-18,32H,15,19-21H2,1-3H3/t32-/m0/s1. The van der Waals surface area contributed by atoms with Crippen LogP contribution >= 0.6 is 0 Å². The molecule has 5 rings (SSSR count). The Bertz CT molecular complexity index is 1560. The van der Waals surface area contributed by atoms with Gasteiger partial charge in [-0.05, 0) is 83.0 Å². The number of esters is 1. The Kier molecular flexibility index (Phi) is 7.72. The lowest BCUT2D eigenvalue weighted by Crippen LogP contribution is -2.45. The van der Waals surface area contributed by atoms with Crippen LogP contribution in [0.3, 0.4) is 0 Å². The summed E-state index contributed by atoms with van der Waals surface area (Å²) in [6.07, 6.45) is 3.82. The molecule has 1 atom stereocenters. The van der Waals surface area contributed by atoms with Crippen molar-refractivity contribution in [1.82, 2.24) is 9.88 Å². The van der Waals surface area contributed by atoms with E-state index < -0.39 is 6.04 Å². The minimum atomic E-state index is -0.410. The van der Waals surface area contributed by atoms with Gasteiger partial charge in [-0.3, -0.25) is 14.7 Å². The molecular weight excluding hydrogens is 486 g/mol. The van der Waals surface area contributed by atoms with Gasteiger partial charge in [-0.2, -0.15) is 5.26 Å². The van der Waals surface area contributed by atoms with Gasteiger partial charge in [0.2, 0.25) is 0 Å². The second-order valence-corrected chi connectivity index (χ2v) is 9.97. The normalized spacial score (nSPS) is 14.8. The highest BCUT2D eigenvalue weighted by Crippen LogP contribution is 2.31. The fourth-order valence-electron chi connectivity index (χ4n) is 5.28. The molecule has 4 aromatic rings. The Balaban J connectivity index is 1.35. The van der Waals surface area contributed by atoms with E-state index in [1.54, 1.807) is 6.20 Å². The number of hydrogen-bond acceptors (Lipinski definition) is 6. The molecule has 6 nitrogen and oxygen atoms in total. The summed E-state index contributed by atoms with van der Waals surface area (Å²) in [5, 5.41) is 9.25. The van der Waals surface area contributed by atoms with Crippen LogP contribution in [-0.4, -0.2) is 29.0 Å². The van der Waals surface area contributed by atoms with E-state index in [0.29, 0.717) is 31.7 Å². The average molecular weight is 518 g/mol. The van der Waals surface area contributed by atoms with E-state index in [1.807, 2.05) is 18.2 Å². The predicted octanol–water partition coefficient (Wildman–Crippen LogP) is 5.92. The van der Waals surface area contributed by atoms with Crippen LogP contribution in [0.15, 0.2) is 79.1 Å². The fraction of sp³-hybridized carbons (Fsp3) is 0.242. The van der Waals surface area contributed by atoms with Crippen molar-refractivity contribution in [2.24, 2.45) is 0 Å². The van der Waals surface area contributed by atoms with Gasteiger partial charge in [-0.25, -0.2) is 0 Å². The summed E-state index contributed by atoms with van der Waals surface area (Å²) in [4.78, 5) is 18.9. The molecule has 1 aliphatic rings. The molecule has 3 aromatic carbocycles. The number of carbonyl (C=O) groups excluding carboxylic acids is 1. The van der Waals surface area contributed by atoms with E-state index in [1.165, 1.54) is 35.6 Å². The Morgan fingerprint density at radius 3 is 2.64 bits per heavy atom. The van der Waals surface area contributed by atoms with Crippen LogP contribution in [0.2, 0.25) is 0 Å². The maximum absolute atomic E-state index is 12.7. The molecule has 6 heteroatoms. The lowest BCUT2D eigenvalue weighted by Gasteiger charge is -2.35. The van der Waals surface area contributed by atoms with Gasteiger partial charge in [-0.15, -0.1) is 0 Å². The molecule has 0 amide bonds. The molecule has 0 unspecified atom stereocenters. The van der Waals surface area contributed by atoms with Gasteiger partial charge in [-0.1, -0.05) is 48.5 Å². The molecule has 0 aliphatic carbocycles. The van der Waals surface area contributed by atoms with Gasteiger partial charge < -0.3 is 9.47 Å². The molecule has 0 radical (unpaired) electrons. The van der Waals surface area contributed by atoms with Crippen LogP contribution in [0, 0.1) is 25.2 Å². The first-order valence-electron chi connectivity index (χ1n) is 13.0. The molecule has 1 aromatic heterocycles. The number of carbonyl (C=O) groups is 1. The van der Waals surface area contributed by atoms with Crippen molar-refractivity contribution in [3.05, 3.63) is 118 Å². The second kappa shape index (κ2) is 11.5. The third-order valence-electron chi connectivity index (χ3n) is 7.46. The molecule has 0 bridgehead atoms. The van der Waals surface area contributed by atoms with Gasteiger partial charge in [0, 0.05) is 25.5 Å². The van der Waals surface area contributed by atoms with Gasteiger partial charge in [0.15, 0.2) is 0 Å². The topological polar surface area (TPSA) is 75.5 Å². The maximum atomic E-state index is 12.7. The van der Waals surface area contributed by atoms with Gasteiger partial charge in [0.05, 0.1) is 12.7 Å². The number of aromatic nitrogens is 1. The van der Waals surface area contributed by atoms with Crippen molar-refractivity contribution in [3.63, 3.8) is 0 Å². The number of methoxy groups -OCH3 is 1. The highest BCUT2D eigenvalue weighted by molar-refractivity contribution is 5.76. The number of benzene rings is 3. The van der Waals surface area contributed by atoms with E-state index in [-0.39, 0.29) is 5.97 Å². The minimum Gasteiger partial charge on any atom is -0.489 e. The Morgan fingerprint density at radius 2 is 1.85 bits per heavy atom. The van der Waals surface area contributed by atoms with E-state index >= 15 is 0 Å². The van der Waals surface area contributed by atoms with E-state index in [0.717, 1.165) is 28.0 Å². The van der Waals surface area contributed by atoms with Gasteiger partial charge >= 0.3 is 5.97 Å². The highest BCUT2D eigenvalue weighted by atomic mass is 16.5. The largest absolute Gasteiger partial charge is 0.489 e. The molecular formula is C33H31N3O3. The molecule has 0 saturated carbocycles. The first kappa shape index (κ1) is 26.1. The number of fused-ring (bicyclic) bond motifs is 1. The molecule has 1 aliphatic heterocycles. The second-order valence-electron chi connectivity index (χ2n) is 9.97. The number of ether oxygens (including phenoxy) is 2. The van der Waals surface area contributed by atoms with E-state index in [9.17, 15) is 10.1 Å². The smallest absolute Gasteiger partial charge is 0.323 e. The quantitative estimate of drug-likeness (QED) is 0.284. The van der Waals surface area contributed by atoms with Crippen molar-refractivity contribution in [2.45, 2.75) is 46.0 Å². The highest BCUT2D eigenvalue weighted by Gasteiger charge is 2.32. The van der Waals surface area contributed by atoms with Crippen LogP contribution in [0.1, 0.15) is 38.9 Å². The zero-order valence-electron chi connectivity index (χ0n) is 22.5. The lowest BCUT2D eigenvalue weighted by molar-refractivity contribution is -0.148. The molecule has 0 fully saturated rings. The van der Waals surface area contributed by atoms with Crippen molar-refractivity contribution >= 4 is 5.97 Å². The van der Waals surface area contributed by atoms with E-state index in [4.69, 9.17) is 9.47 Å². The number of nitrogens with zero attached hydrogens (tertiary/aromatic N) is 3. The first-order chi connectivity index (χ1) is 19.0. The first-order valence-corrected chi connectivity index (χ1v) is 13.0. The molecule has 196 valence electrons. The zero-order valence-corrected chi connectivity index (χ0v) is 22.5. The number of rotatable bonds is 7. The molecule has 2 heterocycles. The SMILES string of the molecule is COC(=O)[C@@H]1Cc2ccc(OCc3cccc(-c4ccccc4C)c3C)cc2CN1Cc1cncc(C#N)c1. The van der Waals surface area contributed by atoms with Crippen LogP contribution in [0.25, 0.3) is 11.1 Å². The van der Waals surface area contributed by atoms with Crippen molar-refractivity contribution in [3.8, 4) is 22.9 Å². The summed E-state index contributed by atoms with van der Waals surface area (Å²) in [7, 11) is 1.42. The summed E-state index contributed by atoms with van der Waals surface area (Å²) in [6, 6.07) is 24.4.